The molecule has 3 nitrogen and oxygen atoms in total. The Balaban J connectivity index is 1.10. The molecule has 5 rings (SSSR count). The van der Waals surface area contributed by atoms with E-state index >= 15 is 0 Å². The Morgan fingerprint density at radius 1 is 0.806 bits per heavy atom. The minimum atomic E-state index is 0.211. The molecule has 0 spiro atoms. The lowest BCUT2D eigenvalue weighted by molar-refractivity contribution is 0.0517. The summed E-state index contributed by atoms with van der Waals surface area (Å²) in [6.45, 7) is 5.03. The van der Waals surface area contributed by atoms with E-state index in [1.807, 2.05) is 23.1 Å². The van der Waals surface area contributed by atoms with Crippen LogP contribution >= 0.6 is 0 Å². The molecule has 0 aromatic heterocycles. The molecule has 2 heterocycles. The van der Waals surface area contributed by atoms with E-state index < -0.39 is 0 Å². The highest BCUT2D eigenvalue weighted by Crippen LogP contribution is 2.30. The van der Waals surface area contributed by atoms with Gasteiger partial charge in [0.25, 0.3) is 5.91 Å². The van der Waals surface area contributed by atoms with Crippen LogP contribution < -0.4 is 0 Å². The maximum Gasteiger partial charge on any atom is 0.254 e. The smallest absolute Gasteiger partial charge is 0.254 e. The zero-order valence-electron chi connectivity index (χ0n) is 18.0. The topological polar surface area (TPSA) is 23.6 Å². The summed E-state index contributed by atoms with van der Waals surface area (Å²) in [6, 6.07) is 29.8. The highest BCUT2D eigenvalue weighted by atomic mass is 16.2. The van der Waals surface area contributed by atoms with E-state index in [1.54, 1.807) is 0 Å². The number of benzene rings is 3. The lowest BCUT2D eigenvalue weighted by Crippen LogP contribution is -2.51. The summed E-state index contributed by atoms with van der Waals surface area (Å²) >= 11 is 0. The van der Waals surface area contributed by atoms with Crippen molar-refractivity contribution in [3.8, 4) is 0 Å². The third-order valence-corrected chi connectivity index (χ3v) is 6.78. The van der Waals surface area contributed by atoms with Gasteiger partial charge in [0.15, 0.2) is 0 Å². The number of carbonyl (C=O) groups excluding carboxylic acids is 1. The minimum absolute atomic E-state index is 0.211. The van der Waals surface area contributed by atoms with Crippen LogP contribution in [0.5, 0.6) is 0 Å². The SMILES string of the molecule is O=C1c2ccccc2CN1CC1CN(CCCC(c2ccccc2)c2ccccc2)C1. The predicted octanol–water partition coefficient (Wildman–Crippen LogP) is 5.19. The molecule has 0 bridgehead atoms. The van der Waals surface area contributed by atoms with Gasteiger partial charge in [0.1, 0.15) is 0 Å². The molecule has 1 saturated heterocycles. The van der Waals surface area contributed by atoms with Crippen LogP contribution in [0.25, 0.3) is 0 Å². The molecule has 0 radical (unpaired) electrons. The van der Waals surface area contributed by atoms with E-state index in [2.05, 4.69) is 71.6 Å². The first-order valence-electron chi connectivity index (χ1n) is 11.5. The molecule has 158 valence electrons. The second kappa shape index (κ2) is 9.07. The van der Waals surface area contributed by atoms with Crippen molar-refractivity contribution in [3.05, 3.63) is 107 Å². The van der Waals surface area contributed by atoms with Gasteiger partial charge in [0.05, 0.1) is 0 Å². The van der Waals surface area contributed by atoms with Crippen LogP contribution in [0.3, 0.4) is 0 Å². The van der Waals surface area contributed by atoms with Gasteiger partial charge in [-0.15, -0.1) is 0 Å². The van der Waals surface area contributed by atoms with Crippen LogP contribution in [0.1, 0.15) is 45.8 Å². The highest BCUT2D eigenvalue weighted by molar-refractivity contribution is 5.98. The van der Waals surface area contributed by atoms with Gasteiger partial charge in [-0.05, 0) is 42.1 Å². The summed E-state index contributed by atoms with van der Waals surface area (Å²) in [4.78, 5) is 17.2. The number of hydrogen-bond acceptors (Lipinski definition) is 2. The maximum atomic E-state index is 12.6. The Morgan fingerprint density at radius 2 is 1.42 bits per heavy atom. The molecule has 2 aliphatic heterocycles. The van der Waals surface area contributed by atoms with Crippen molar-refractivity contribution in [2.45, 2.75) is 25.3 Å². The van der Waals surface area contributed by atoms with E-state index in [0.717, 1.165) is 44.7 Å². The molecule has 1 fully saturated rings. The summed E-state index contributed by atoms with van der Waals surface area (Å²) in [6.07, 6.45) is 2.35. The number of nitrogens with zero attached hydrogens (tertiary/aromatic N) is 2. The average molecular weight is 411 g/mol. The summed E-state index contributed by atoms with van der Waals surface area (Å²) in [5.41, 5.74) is 4.88. The number of likely N-dealkylation sites (tertiary alicyclic amines) is 1. The first-order valence-corrected chi connectivity index (χ1v) is 11.5. The van der Waals surface area contributed by atoms with Crippen LogP contribution in [-0.2, 0) is 6.54 Å². The Kier molecular flexibility index (Phi) is 5.86. The van der Waals surface area contributed by atoms with Gasteiger partial charge in [-0.25, -0.2) is 0 Å². The minimum Gasteiger partial charge on any atom is -0.334 e. The standard InChI is InChI=1S/C28H30N2O/c31-28-27-15-8-7-14-25(27)21-30(28)20-22-18-29(19-22)17-9-16-26(23-10-3-1-4-11-23)24-12-5-2-6-13-24/h1-8,10-15,22,26H,9,16-21H2. The van der Waals surface area contributed by atoms with Crippen LogP contribution in [0, 0.1) is 5.92 Å². The predicted molar refractivity (Wildman–Crippen MR) is 125 cm³/mol. The van der Waals surface area contributed by atoms with Crippen LogP contribution in [0.4, 0.5) is 0 Å². The number of rotatable bonds is 8. The molecule has 0 atom stereocenters. The molecule has 0 N–H and O–H groups in total. The zero-order valence-corrected chi connectivity index (χ0v) is 18.0. The summed E-state index contributed by atoms with van der Waals surface area (Å²) in [5, 5.41) is 0. The zero-order chi connectivity index (χ0) is 21.0. The van der Waals surface area contributed by atoms with E-state index in [1.165, 1.54) is 23.1 Å². The van der Waals surface area contributed by atoms with Crippen molar-refractivity contribution >= 4 is 5.91 Å². The molecule has 3 aromatic rings. The van der Waals surface area contributed by atoms with Gasteiger partial charge in [0.2, 0.25) is 0 Å². The number of fused-ring (bicyclic) bond motifs is 1. The highest BCUT2D eigenvalue weighted by Gasteiger charge is 2.33. The van der Waals surface area contributed by atoms with Gasteiger partial charge in [-0.2, -0.15) is 0 Å². The van der Waals surface area contributed by atoms with Crippen LogP contribution in [-0.4, -0.2) is 41.9 Å². The van der Waals surface area contributed by atoms with Crippen LogP contribution in [0.15, 0.2) is 84.9 Å². The third-order valence-electron chi connectivity index (χ3n) is 6.78. The quantitative estimate of drug-likeness (QED) is 0.510. The Bertz CT molecular complexity index is 972. The maximum absolute atomic E-state index is 12.6. The molecule has 3 heteroatoms. The fraction of sp³-hybridized carbons (Fsp3) is 0.321. The lowest BCUT2D eigenvalue weighted by Gasteiger charge is -2.41. The summed E-state index contributed by atoms with van der Waals surface area (Å²) in [5.74, 6) is 1.28. The Morgan fingerprint density at radius 3 is 2.06 bits per heavy atom. The first-order chi connectivity index (χ1) is 15.3. The largest absolute Gasteiger partial charge is 0.334 e. The lowest BCUT2D eigenvalue weighted by atomic mass is 9.87. The van der Waals surface area contributed by atoms with Gasteiger partial charge in [-0.1, -0.05) is 78.9 Å². The normalized spacial score (nSPS) is 16.5. The van der Waals surface area contributed by atoms with Crippen molar-refractivity contribution < 1.29 is 4.79 Å². The summed E-state index contributed by atoms with van der Waals surface area (Å²) in [7, 11) is 0. The first kappa shape index (κ1) is 20.0. The third kappa shape index (κ3) is 4.42. The van der Waals surface area contributed by atoms with E-state index in [-0.39, 0.29) is 5.91 Å². The van der Waals surface area contributed by atoms with Gasteiger partial charge >= 0.3 is 0 Å². The van der Waals surface area contributed by atoms with Crippen LogP contribution in [0.2, 0.25) is 0 Å². The van der Waals surface area contributed by atoms with Crippen molar-refractivity contribution in [2.24, 2.45) is 5.92 Å². The Labute approximate surface area is 185 Å². The molecular formula is C28H30N2O. The van der Waals surface area contributed by atoms with Crippen molar-refractivity contribution in [1.82, 2.24) is 9.80 Å². The number of hydrogen-bond donors (Lipinski definition) is 0. The molecule has 3 aromatic carbocycles. The molecule has 0 saturated carbocycles. The van der Waals surface area contributed by atoms with Gasteiger partial charge in [0, 0.05) is 43.6 Å². The molecule has 31 heavy (non-hydrogen) atoms. The Hall–Kier alpha value is -2.91. The van der Waals surface area contributed by atoms with Gasteiger partial charge in [-0.3, -0.25) is 4.79 Å². The second-order valence-corrected chi connectivity index (χ2v) is 8.98. The van der Waals surface area contributed by atoms with E-state index in [9.17, 15) is 4.79 Å². The van der Waals surface area contributed by atoms with Crippen molar-refractivity contribution in [3.63, 3.8) is 0 Å². The van der Waals surface area contributed by atoms with Crippen molar-refractivity contribution in [1.29, 1.82) is 0 Å². The number of amides is 1. The van der Waals surface area contributed by atoms with E-state index in [4.69, 9.17) is 0 Å². The summed E-state index contributed by atoms with van der Waals surface area (Å²) < 4.78 is 0. The van der Waals surface area contributed by atoms with Crippen molar-refractivity contribution in [2.75, 3.05) is 26.2 Å². The number of carbonyl (C=O) groups is 1. The fourth-order valence-electron chi connectivity index (χ4n) is 5.16. The molecule has 0 unspecified atom stereocenters. The van der Waals surface area contributed by atoms with Gasteiger partial charge < -0.3 is 9.80 Å². The second-order valence-electron chi connectivity index (χ2n) is 8.98. The molecular weight excluding hydrogens is 380 g/mol. The average Bonchev–Trinajstić information content (AvgIpc) is 3.11. The monoisotopic (exact) mass is 410 g/mol. The van der Waals surface area contributed by atoms with E-state index in [0.29, 0.717) is 11.8 Å². The molecule has 1 amide bonds. The molecule has 0 aliphatic carbocycles. The fourth-order valence-corrected chi connectivity index (χ4v) is 5.16. The molecule has 2 aliphatic rings.